The second-order valence-corrected chi connectivity index (χ2v) is 8.45. The molecule has 1 amide bonds. The number of benzene rings is 2. The minimum absolute atomic E-state index is 0.162. The van der Waals surface area contributed by atoms with Crippen LogP contribution in [0.15, 0.2) is 84.0 Å². The number of rotatable bonds is 5. The van der Waals surface area contributed by atoms with E-state index in [9.17, 15) is 4.79 Å². The van der Waals surface area contributed by atoms with Gasteiger partial charge in [-0.25, -0.2) is 9.50 Å². The lowest BCUT2D eigenvalue weighted by atomic mass is 10.2. The zero-order valence-electron chi connectivity index (χ0n) is 17.1. The van der Waals surface area contributed by atoms with Crippen molar-refractivity contribution in [2.45, 2.75) is 5.03 Å². The van der Waals surface area contributed by atoms with E-state index in [0.717, 1.165) is 48.1 Å². The van der Waals surface area contributed by atoms with Crippen molar-refractivity contribution in [2.75, 3.05) is 36.8 Å². The average Bonchev–Trinajstić information content (AvgIpc) is 3.27. The zero-order valence-corrected chi connectivity index (χ0v) is 17.9. The Morgan fingerprint density at radius 2 is 1.58 bits per heavy atom. The summed E-state index contributed by atoms with van der Waals surface area (Å²) in [5.74, 6) is 0.555. The minimum atomic E-state index is 0.162. The Hall–Kier alpha value is -3.32. The van der Waals surface area contributed by atoms with E-state index in [1.165, 1.54) is 17.4 Å². The summed E-state index contributed by atoms with van der Waals surface area (Å²) in [5, 5.41) is 5.45. The standard InChI is InChI=1S/C24H23N5OS/c30-24(28-15-13-27(14-16-28)20-9-5-2-6-10-20)18-31-23-12-11-22-25-21(17-29(22)26-23)19-7-3-1-4-8-19/h1-12,17H,13-16,18H2. The fraction of sp³-hybridized carbons (Fsp3) is 0.208. The molecular weight excluding hydrogens is 406 g/mol. The number of imidazole rings is 1. The van der Waals surface area contributed by atoms with Crippen molar-refractivity contribution in [3.63, 3.8) is 0 Å². The van der Waals surface area contributed by atoms with Crippen LogP contribution < -0.4 is 4.90 Å². The van der Waals surface area contributed by atoms with Crippen LogP contribution in [-0.4, -0.2) is 57.3 Å². The molecule has 3 heterocycles. The predicted octanol–water partition coefficient (Wildman–Crippen LogP) is 3.84. The highest BCUT2D eigenvalue weighted by molar-refractivity contribution is 7.99. The van der Waals surface area contributed by atoms with Gasteiger partial charge >= 0.3 is 0 Å². The van der Waals surface area contributed by atoms with Crippen LogP contribution in [0.25, 0.3) is 16.9 Å². The van der Waals surface area contributed by atoms with E-state index in [4.69, 9.17) is 0 Å². The molecule has 0 aliphatic carbocycles. The van der Waals surface area contributed by atoms with Gasteiger partial charge in [0.25, 0.3) is 0 Å². The maximum Gasteiger partial charge on any atom is 0.233 e. The van der Waals surface area contributed by atoms with Gasteiger partial charge < -0.3 is 9.80 Å². The Bertz CT molecular complexity index is 1170. The summed E-state index contributed by atoms with van der Waals surface area (Å²) < 4.78 is 1.79. The molecular formula is C24H23N5OS. The van der Waals surface area contributed by atoms with Gasteiger partial charge in [0.1, 0.15) is 5.03 Å². The number of nitrogens with zero attached hydrogens (tertiary/aromatic N) is 5. The first-order valence-corrected chi connectivity index (χ1v) is 11.4. The van der Waals surface area contributed by atoms with Crippen LogP contribution in [0.3, 0.4) is 0 Å². The first-order valence-electron chi connectivity index (χ1n) is 10.4. The predicted molar refractivity (Wildman–Crippen MR) is 124 cm³/mol. The van der Waals surface area contributed by atoms with Crippen LogP contribution in [0.1, 0.15) is 0 Å². The highest BCUT2D eigenvalue weighted by atomic mass is 32.2. The van der Waals surface area contributed by atoms with Crippen LogP contribution >= 0.6 is 11.8 Å². The number of thioether (sulfide) groups is 1. The number of anilines is 1. The van der Waals surface area contributed by atoms with Crippen molar-refractivity contribution in [3.05, 3.63) is 79.0 Å². The summed E-state index contributed by atoms with van der Waals surface area (Å²) in [6.45, 7) is 3.23. The third-order valence-corrected chi connectivity index (χ3v) is 6.37. The van der Waals surface area contributed by atoms with Crippen molar-refractivity contribution in [1.82, 2.24) is 19.5 Å². The maximum atomic E-state index is 12.7. The highest BCUT2D eigenvalue weighted by Gasteiger charge is 2.21. The molecule has 0 spiro atoms. The van der Waals surface area contributed by atoms with Crippen molar-refractivity contribution >= 4 is 29.0 Å². The van der Waals surface area contributed by atoms with Gasteiger partial charge in [0.2, 0.25) is 5.91 Å². The lowest BCUT2D eigenvalue weighted by molar-refractivity contribution is -0.128. The van der Waals surface area contributed by atoms with Crippen molar-refractivity contribution in [3.8, 4) is 11.3 Å². The van der Waals surface area contributed by atoms with Gasteiger partial charge in [-0.1, -0.05) is 60.3 Å². The molecule has 2 aromatic carbocycles. The molecule has 31 heavy (non-hydrogen) atoms. The minimum Gasteiger partial charge on any atom is -0.368 e. The molecule has 2 aromatic heterocycles. The van der Waals surface area contributed by atoms with Crippen molar-refractivity contribution < 1.29 is 4.79 Å². The lowest BCUT2D eigenvalue weighted by Crippen LogP contribution is -2.49. The Balaban J connectivity index is 1.18. The molecule has 1 saturated heterocycles. The molecule has 0 N–H and O–H groups in total. The van der Waals surface area contributed by atoms with Gasteiger partial charge in [0.05, 0.1) is 17.6 Å². The van der Waals surface area contributed by atoms with Gasteiger partial charge in [0.15, 0.2) is 5.65 Å². The van der Waals surface area contributed by atoms with E-state index in [-0.39, 0.29) is 5.91 Å². The molecule has 0 unspecified atom stereocenters. The van der Waals surface area contributed by atoms with Gasteiger partial charge in [-0.3, -0.25) is 4.79 Å². The van der Waals surface area contributed by atoms with Crippen LogP contribution in [0.5, 0.6) is 0 Å². The second kappa shape index (κ2) is 8.81. The maximum absolute atomic E-state index is 12.7. The number of amides is 1. The van der Waals surface area contributed by atoms with E-state index in [1.807, 2.05) is 59.6 Å². The number of aromatic nitrogens is 3. The Labute approximate surface area is 185 Å². The monoisotopic (exact) mass is 429 g/mol. The van der Waals surface area contributed by atoms with Crippen LogP contribution in [-0.2, 0) is 4.79 Å². The topological polar surface area (TPSA) is 53.7 Å². The molecule has 0 atom stereocenters. The van der Waals surface area contributed by atoms with E-state index < -0.39 is 0 Å². The number of hydrogen-bond acceptors (Lipinski definition) is 5. The highest BCUT2D eigenvalue weighted by Crippen LogP contribution is 2.22. The van der Waals surface area contributed by atoms with Gasteiger partial charge in [-0.2, -0.15) is 5.10 Å². The molecule has 7 heteroatoms. The van der Waals surface area contributed by atoms with Crippen LogP contribution in [0.4, 0.5) is 5.69 Å². The number of hydrogen-bond donors (Lipinski definition) is 0. The molecule has 1 aliphatic rings. The van der Waals surface area contributed by atoms with E-state index in [1.54, 1.807) is 4.52 Å². The second-order valence-electron chi connectivity index (χ2n) is 7.46. The fourth-order valence-electron chi connectivity index (χ4n) is 3.77. The molecule has 1 fully saturated rings. The molecule has 156 valence electrons. The van der Waals surface area contributed by atoms with Gasteiger partial charge in [-0.05, 0) is 24.3 Å². The first kappa shape index (κ1) is 19.6. The molecule has 4 aromatic rings. The SMILES string of the molecule is O=C(CSc1ccc2nc(-c3ccccc3)cn2n1)N1CCN(c2ccccc2)CC1. The van der Waals surface area contributed by atoms with Crippen LogP contribution in [0, 0.1) is 0 Å². The Morgan fingerprint density at radius 1 is 0.871 bits per heavy atom. The summed E-state index contributed by atoms with van der Waals surface area (Å²) >= 11 is 1.47. The average molecular weight is 430 g/mol. The molecule has 5 rings (SSSR count). The number of piperazine rings is 1. The van der Waals surface area contributed by atoms with Gasteiger partial charge in [0, 0.05) is 37.4 Å². The van der Waals surface area contributed by atoms with Gasteiger partial charge in [-0.15, -0.1) is 0 Å². The lowest BCUT2D eigenvalue weighted by Gasteiger charge is -2.36. The number of carbonyl (C=O) groups is 1. The number of fused-ring (bicyclic) bond motifs is 1. The quantitative estimate of drug-likeness (QED) is 0.451. The summed E-state index contributed by atoms with van der Waals surface area (Å²) in [7, 11) is 0. The normalized spacial score (nSPS) is 14.2. The van der Waals surface area contributed by atoms with E-state index in [0.29, 0.717) is 5.75 Å². The summed E-state index contributed by atoms with van der Waals surface area (Å²) in [6, 6.07) is 24.3. The Morgan fingerprint density at radius 3 is 2.32 bits per heavy atom. The molecule has 0 radical (unpaired) electrons. The van der Waals surface area contributed by atoms with Crippen molar-refractivity contribution in [1.29, 1.82) is 0 Å². The molecule has 6 nitrogen and oxygen atoms in total. The van der Waals surface area contributed by atoms with E-state index in [2.05, 4.69) is 39.2 Å². The fourth-order valence-corrected chi connectivity index (χ4v) is 4.53. The summed E-state index contributed by atoms with van der Waals surface area (Å²) in [6.07, 6.45) is 1.93. The number of carbonyl (C=O) groups excluding carboxylic acids is 1. The molecule has 0 saturated carbocycles. The van der Waals surface area contributed by atoms with E-state index >= 15 is 0 Å². The summed E-state index contributed by atoms with van der Waals surface area (Å²) in [4.78, 5) is 21.6. The first-order chi connectivity index (χ1) is 15.3. The number of para-hydroxylation sites is 1. The zero-order chi connectivity index (χ0) is 21.0. The van der Waals surface area contributed by atoms with Crippen molar-refractivity contribution in [2.24, 2.45) is 0 Å². The molecule has 0 bridgehead atoms. The third-order valence-electron chi connectivity index (χ3n) is 5.46. The smallest absolute Gasteiger partial charge is 0.233 e. The summed E-state index contributed by atoms with van der Waals surface area (Å²) in [5.41, 5.74) is 3.97. The third kappa shape index (κ3) is 4.41. The van der Waals surface area contributed by atoms with Crippen LogP contribution in [0.2, 0.25) is 0 Å². The Kier molecular flexibility index (Phi) is 5.58. The largest absolute Gasteiger partial charge is 0.368 e. The molecule has 1 aliphatic heterocycles.